The van der Waals surface area contributed by atoms with Gasteiger partial charge in [0.1, 0.15) is 0 Å². The summed E-state index contributed by atoms with van der Waals surface area (Å²) >= 11 is 7.76. The minimum absolute atomic E-state index is 0.197. The van der Waals surface area contributed by atoms with Gasteiger partial charge < -0.3 is 10.0 Å². The number of rotatable bonds is 5. The predicted octanol–water partition coefficient (Wildman–Crippen LogP) is 6.11. The van der Waals surface area contributed by atoms with Gasteiger partial charge in [0.05, 0.1) is 6.04 Å². The van der Waals surface area contributed by atoms with Gasteiger partial charge in [0.25, 0.3) is 5.91 Å². The standard InChI is InChI=1S/C24H20ClNO2S/c1-29-20-13-7-16(8-14-20)15-26-22(18-9-11-19(25)12-10-18)21(23(27)24(26)28)17-5-3-2-4-6-17/h2-14,22,27H,15H2,1H3/t22-/m0/s1. The van der Waals surface area contributed by atoms with E-state index in [1.54, 1.807) is 16.7 Å². The van der Waals surface area contributed by atoms with Crippen LogP contribution in [0.5, 0.6) is 0 Å². The van der Waals surface area contributed by atoms with E-state index in [0.29, 0.717) is 17.1 Å². The van der Waals surface area contributed by atoms with Crippen molar-refractivity contribution in [2.45, 2.75) is 17.5 Å². The molecule has 0 bridgehead atoms. The lowest BCUT2D eigenvalue weighted by Gasteiger charge is -2.27. The van der Waals surface area contributed by atoms with Crippen LogP contribution in [0, 0.1) is 0 Å². The zero-order valence-electron chi connectivity index (χ0n) is 15.9. The summed E-state index contributed by atoms with van der Waals surface area (Å²) in [6.45, 7) is 0.404. The maximum atomic E-state index is 13.1. The van der Waals surface area contributed by atoms with Gasteiger partial charge in [-0.15, -0.1) is 11.8 Å². The molecule has 0 spiro atoms. The Hall–Kier alpha value is -2.69. The van der Waals surface area contributed by atoms with Crippen LogP contribution in [0.2, 0.25) is 5.02 Å². The molecule has 29 heavy (non-hydrogen) atoms. The highest BCUT2D eigenvalue weighted by Gasteiger charge is 2.40. The Morgan fingerprint density at radius 2 is 1.62 bits per heavy atom. The molecular weight excluding hydrogens is 402 g/mol. The van der Waals surface area contributed by atoms with Crippen LogP contribution in [-0.4, -0.2) is 22.2 Å². The molecule has 0 unspecified atom stereocenters. The average molecular weight is 422 g/mol. The van der Waals surface area contributed by atoms with Crippen LogP contribution < -0.4 is 0 Å². The number of carbonyl (C=O) groups excluding carboxylic acids is 1. The molecule has 3 aromatic rings. The lowest BCUT2D eigenvalue weighted by atomic mass is 9.93. The largest absolute Gasteiger partial charge is 0.503 e. The Kier molecular flexibility index (Phi) is 5.65. The second-order valence-corrected chi connectivity index (χ2v) is 8.18. The average Bonchev–Trinajstić information content (AvgIpc) is 3.00. The van der Waals surface area contributed by atoms with E-state index in [2.05, 4.69) is 0 Å². The third-order valence-electron chi connectivity index (χ3n) is 5.09. The molecule has 1 heterocycles. The summed E-state index contributed by atoms with van der Waals surface area (Å²) in [6, 6.07) is 24.7. The van der Waals surface area contributed by atoms with Crippen LogP contribution in [0.1, 0.15) is 22.7 Å². The van der Waals surface area contributed by atoms with Crippen LogP contribution in [0.4, 0.5) is 0 Å². The van der Waals surface area contributed by atoms with Gasteiger partial charge in [-0.2, -0.15) is 0 Å². The summed E-state index contributed by atoms with van der Waals surface area (Å²) in [5.41, 5.74) is 3.38. The monoisotopic (exact) mass is 421 g/mol. The molecule has 0 aromatic heterocycles. The summed E-state index contributed by atoms with van der Waals surface area (Å²) < 4.78 is 0. The topological polar surface area (TPSA) is 40.5 Å². The molecule has 4 rings (SSSR count). The fourth-order valence-electron chi connectivity index (χ4n) is 3.65. The number of hydrogen-bond acceptors (Lipinski definition) is 3. The second kappa shape index (κ2) is 8.36. The van der Waals surface area contributed by atoms with Crippen LogP contribution >= 0.6 is 23.4 Å². The van der Waals surface area contributed by atoms with Gasteiger partial charge >= 0.3 is 0 Å². The summed E-state index contributed by atoms with van der Waals surface area (Å²) in [4.78, 5) is 15.9. The van der Waals surface area contributed by atoms with Gasteiger partial charge in [0.15, 0.2) is 5.76 Å². The molecule has 5 heteroatoms. The molecule has 0 fully saturated rings. The molecule has 3 nitrogen and oxygen atoms in total. The Labute approximate surface area is 179 Å². The molecule has 1 aliphatic heterocycles. The van der Waals surface area contributed by atoms with Crippen molar-refractivity contribution in [1.29, 1.82) is 0 Å². The van der Waals surface area contributed by atoms with E-state index in [-0.39, 0.29) is 17.7 Å². The highest BCUT2D eigenvalue weighted by atomic mass is 35.5. The molecule has 0 saturated carbocycles. The lowest BCUT2D eigenvalue weighted by Crippen LogP contribution is -2.29. The normalized spacial score (nSPS) is 16.6. The van der Waals surface area contributed by atoms with E-state index in [1.807, 2.05) is 85.1 Å². The Morgan fingerprint density at radius 1 is 0.966 bits per heavy atom. The Morgan fingerprint density at radius 3 is 2.24 bits per heavy atom. The van der Waals surface area contributed by atoms with Crippen LogP contribution in [-0.2, 0) is 11.3 Å². The number of halogens is 1. The highest BCUT2D eigenvalue weighted by molar-refractivity contribution is 7.98. The highest BCUT2D eigenvalue weighted by Crippen LogP contribution is 2.43. The van der Waals surface area contributed by atoms with Crippen molar-refractivity contribution in [1.82, 2.24) is 4.90 Å². The number of aliphatic hydroxyl groups excluding tert-OH is 1. The molecule has 1 N–H and O–H groups in total. The maximum absolute atomic E-state index is 13.1. The van der Waals surface area contributed by atoms with Gasteiger partial charge in [-0.25, -0.2) is 0 Å². The summed E-state index contributed by atoms with van der Waals surface area (Å²) in [5, 5.41) is 11.4. The van der Waals surface area contributed by atoms with Crippen molar-refractivity contribution >= 4 is 34.8 Å². The molecule has 3 aromatic carbocycles. The molecule has 1 amide bonds. The number of nitrogens with zero attached hydrogens (tertiary/aromatic N) is 1. The van der Waals surface area contributed by atoms with Crippen molar-refractivity contribution in [2.75, 3.05) is 6.26 Å². The SMILES string of the molecule is CSc1ccc(CN2C(=O)C(O)=C(c3ccccc3)[C@@H]2c2ccc(Cl)cc2)cc1. The first-order valence-electron chi connectivity index (χ1n) is 9.26. The fraction of sp³-hybridized carbons (Fsp3) is 0.125. The molecule has 146 valence electrons. The van der Waals surface area contributed by atoms with Crippen LogP contribution in [0.15, 0.2) is 89.5 Å². The molecule has 0 saturated heterocycles. The smallest absolute Gasteiger partial charge is 0.290 e. The van der Waals surface area contributed by atoms with E-state index < -0.39 is 0 Å². The number of hydrogen-bond donors (Lipinski definition) is 1. The van der Waals surface area contributed by atoms with Crippen LogP contribution in [0.3, 0.4) is 0 Å². The third kappa shape index (κ3) is 3.91. The molecule has 1 aliphatic rings. The number of amides is 1. The van der Waals surface area contributed by atoms with E-state index in [9.17, 15) is 9.90 Å². The minimum Gasteiger partial charge on any atom is -0.503 e. The number of aliphatic hydroxyl groups is 1. The van der Waals surface area contributed by atoms with Gasteiger partial charge in [-0.1, -0.05) is 66.2 Å². The first kappa shape index (κ1) is 19.6. The number of thioether (sulfide) groups is 1. The van der Waals surface area contributed by atoms with Gasteiger partial charge in [-0.3, -0.25) is 4.79 Å². The molecule has 0 radical (unpaired) electrons. The number of benzene rings is 3. The molecule has 0 aliphatic carbocycles. The second-order valence-electron chi connectivity index (χ2n) is 6.86. The van der Waals surface area contributed by atoms with Gasteiger partial charge in [-0.05, 0) is 47.2 Å². The zero-order chi connectivity index (χ0) is 20.4. The summed E-state index contributed by atoms with van der Waals surface area (Å²) in [6.07, 6.45) is 2.03. The molecule has 1 atom stereocenters. The van der Waals surface area contributed by atoms with Crippen molar-refractivity contribution < 1.29 is 9.90 Å². The van der Waals surface area contributed by atoms with Crippen molar-refractivity contribution in [2.24, 2.45) is 0 Å². The maximum Gasteiger partial charge on any atom is 0.290 e. The quantitative estimate of drug-likeness (QED) is 0.505. The Bertz CT molecular complexity index is 1050. The first-order chi connectivity index (χ1) is 14.1. The first-order valence-corrected chi connectivity index (χ1v) is 10.9. The minimum atomic E-state index is -0.387. The van der Waals surface area contributed by atoms with E-state index in [4.69, 9.17) is 11.6 Å². The third-order valence-corrected chi connectivity index (χ3v) is 6.08. The van der Waals surface area contributed by atoms with Crippen LogP contribution in [0.25, 0.3) is 5.57 Å². The van der Waals surface area contributed by atoms with E-state index >= 15 is 0 Å². The lowest BCUT2D eigenvalue weighted by molar-refractivity contribution is -0.130. The Balaban J connectivity index is 1.77. The van der Waals surface area contributed by atoms with Crippen molar-refractivity contribution in [3.8, 4) is 0 Å². The van der Waals surface area contributed by atoms with E-state index in [1.165, 1.54) is 4.90 Å². The summed E-state index contributed by atoms with van der Waals surface area (Å²) in [7, 11) is 0. The number of carbonyl (C=O) groups is 1. The summed E-state index contributed by atoms with van der Waals surface area (Å²) in [5.74, 6) is -0.561. The van der Waals surface area contributed by atoms with Gasteiger partial charge in [0, 0.05) is 22.0 Å². The van der Waals surface area contributed by atoms with E-state index in [0.717, 1.165) is 16.7 Å². The van der Waals surface area contributed by atoms with Gasteiger partial charge in [0.2, 0.25) is 0 Å². The van der Waals surface area contributed by atoms with Crippen molar-refractivity contribution in [3.63, 3.8) is 0 Å². The predicted molar refractivity (Wildman–Crippen MR) is 119 cm³/mol. The zero-order valence-corrected chi connectivity index (χ0v) is 17.5. The van der Waals surface area contributed by atoms with Crippen molar-refractivity contribution in [3.05, 3.63) is 106 Å². The fourth-order valence-corrected chi connectivity index (χ4v) is 4.18. The molecular formula is C24H20ClNO2S.